The second kappa shape index (κ2) is 4.76. The van der Waals surface area contributed by atoms with Gasteiger partial charge in [0.15, 0.2) is 0 Å². The zero-order chi connectivity index (χ0) is 13.2. The quantitative estimate of drug-likeness (QED) is 0.890. The Labute approximate surface area is 113 Å². The Bertz CT molecular complexity index is 604. The van der Waals surface area contributed by atoms with Crippen molar-refractivity contribution in [1.82, 2.24) is 0 Å². The number of aryl methyl sites for hydroxylation is 1. The lowest BCUT2D eigenvalue weighted by atomic mass is 10.0. The molecule has 0 fully saturated rings. The summed E-state index contributed by atoms with van der Waals surface area (Å²) in [5, 5.41) is 6.51. The van der Waals surface area contributed by atoms with Crippen LogP contribution in [-0.4, -0.2) is 5.84 Å². The normalized spacial score (nSPS) is 18.5. The van der Waals surface area contributed by atoms with Gasteiger partial charge in [-0.15, -0.1) is 0 Å². The van der Waals surface area contributed by atoms with Crippen LogP contribution in [0.25, 0.3) is 0 Å². The maximum atomic E-state index is 5.94. The minimum atomic E-state index is 0.197. The molecule has 0 saturated carbocycles. The van der Waals surface area contributed by atoms with Crippen molar-refractivity contribution in [1.29, 1.82) is 0 Å². The van der Waals surface area contributed by atoms with Crippen molar-refractivity contribution in [2.24, 2.45) is 10.8 Å². The third kappa shape index (κ3) is 2.32. The summed E-state index contributed by atoms with van der Waals surface area (Å²) in [6.07, 6.45) is 0.776. The van der Waals surface area contributed by atoms with Crippen LogP contribution in [-0.2, 0) is 0 Å². The Morgan fingerprint density at radius 1 is 1.11 bits per heavy atom. The van der Waals surface area contributed by atoms with Crippen LogP contribution in [0.3, 0.4) is 0 Å². The third-order valence-corrected chi connectivity index (χ3v) is 3.38. The van der Waals surface area contributed by atoms with Crippen LogP contribution in [0, 0.1) is 6.92 Å². The highest BCUT2D eigenvalue weighted by Crippen LogP contribution is 2.34. The number of anilines is 1. The molecule has 0 spiro atoms. The Morgan fingerprint density at radius 2 is 1.89 bits per heavy atom. The average molecular weight is 251 g/mol. The van der Waals surface area contributed by atoms with E-state index < -0.39 is 0 Å². The molecule has 2 aromatic rings. The van der Waals surface area contributed by atoms with Gasteiger partial charge in [-0.2, -0.15) is 5.10 Å². The van der Waals surface area contributed by atoms with Crippen molar-refractivity contribution in [3.63, 3.8) is 0 Å². The van der Waals surface area contributed by atoms with Gasteiger partial charge in [-0.05, 0) is 30.2 Å². The van der Waals surface area contributed by atoms with Gasteiger partial charge in [0.1, 0.15) is 5.84 Å². The molecule has 19 heavy (non-hydrogen) atoms. The number of nitrogens with two attached hydrogens (primary N) is 1. The van der Waals surface area contributed by atoms with E-state index in [0.717, 1.165) is 12.1 Å². The van der Waals surface area contributed by atoms with E-state index in [4.69, 9.17) is 5.73 Å². The molecule has 1 heterocycles. The van der Waals surface area contributed by atoms with Gasteiger partial charge in [0.2, 0.25) is 0 Å². The highest BCUT2D eigenvalue weighted by atomic mass is 15.5. The van der Waals surface area contributed by atoms with Crippen molar-refractivity contribution in [2.75, 3.05) is 5.01 Å². The molecule has 3 heteroatoms. The second-order valence-electron chi connectivity index (χ2n) is 4.91. The first-order valence-electron chi connectivity index (χ1n) is 6.48. The molecule has 2 aromatic carbocycles. The summed E-state index contributed by atoms with van der Waals surface area (Å²) in [4.78, 5) is 0. The lowest BCUT2D eigenvalue weighted by molar-refractivity contribution is 0.708. The fourth-order valence-corrected chi connectivity index (χ4v) is 2.48. The molecule has 0 amide bonds. The van der Waals surface area contributed by atoms with Crippen LogP contribution in [0.4, 0.5) is 5.69 Å². The van der Waals surface area contributed by atoms with E-state index >= 15 is 0 Å². The monoisotopic (exact) mass is 251 g/mol. The molecular formula is C16H17N3. The van der Waals surface area contributed by atoms with Crippen LogP contribution in [0.1, 0.15) is 23.6 Å². The minimum absolute atomic E-state index is 0.197. The molecule has 3 nitrogen and oxygen atoms in total. The van der Waals surface area contributed by atoms with Crippen molar-refractivity contribution in [2.45, 2.75) is 19.4 Å². The molecule has 1 aliphatic rings. The van der Waals surface area contributed by atoms with E-state index in [0.29, 0.717) is 5.84 Å². The number of amidine groups is 1. The smallest absolute Gasteiger partial charge is 0.122 e. The average Bonchev–Trinajstić information content (AvgIpc) is 2.82. The van der Waals surface area contributed by atoms with Crippen molar-refractivity contribution >= 4 is 11.5 Å². The Hall–Kier alpha value is -2.29. The van der Waals surface area contributed by atoms with Gasteiger partial charge in [0.05, 0.1) is 11.7 Å². The van der Waals surface area contributed by atoms with E-state index in [1.54, 1.807) is 0 Å². The van der Waals surface area contributed by atoms with Crippen LogP contribution in [0.15, 0.2) is 59.7 Å². The first-order valence-corrected chi connectivity index (χ1v) is 6.48. The van der Waals surface area contributed by atoms with E-state index in [-0.39, 0.29) is 6.04 Å². The molecule has 0 radical (unpaired) electrons. The minimum Gasteiger partial charge on any atom is -0.386 e. The molecule has 1 atom stereocenters. The fourth-order valence-electron chi connectivity index (χ4n) is 2.48. The molecule has 1 aliphatic heterocycles. The van der Waals surface area contributed by atoms with Crippen molar-refractivity contribution < 1.29 is 0 Å². The van der Waals surface area contributed by atoms with Gasteiger partial charge in [0.25, 0.3) is 0 Å². The summed E-state index contributed by atoms with van der Waals surface area (Å²) in [5.74, 6) is 0.690. The van der Waals surface area contributed by atoms with Crippen molar-refractivity contribution in [3.05, 3.63) is 65.7 Å². The molecule has 96 valence electrons. The predicted molar refractivity (Wildman–Crippen MR) is 79.1 cm³/mol. The summed E-state index contributed by atoms with van der Waals surface area (Å²) in [7, 11) is 0. The zero-order valence-corrected chi connectivity index (χ0v) is 11.0. The molecule has 2 N–H and O–H groups in total. The van der Waals surface area contributed by atoms with E-state index in [2.05, 4.69) is 60.6 Å². The standard InChI is InChI=1S/C16H17N3/c1-12-6-5-9-14(10-12)19-15(11-16(17)18-19)13-7-3-2-4-8-13/h2-10,15H,11H2,1H3,(H2,17,18). The van der Waals surface area contributed by atoms with Gasteiger partial charge in [-0.25, -0.2) is 0 Å². The van der Waals surface area contributed by atoms with Crippen LogP contribution >= 0.6 is 0 Å². The molecule has 1 unspecified atom stereocenters. The summed E-state index contributed by atoms with van der Waals surface area (Å²) in [5.41, 5.74) is 9.50. The SMILES string of the molecule is Cc1cccc(N2N=C(N)CC2c2ccccc2)c1. The van der Waals surface area contributed by atoms with E-state index in [9.17, 15) is 0 Å². The lowest BCUT2D eigenvalue weighted by Crippen LogP contribution is -2.18. The van der Waals surface area contributed by atoms with E-state index in [1.807, 2.05) is 11.1 Å². The second-order valence-corrected chi connectivity index (χ2v) is 4.91. The molecular weight excluding hydrogens is 234 g/mol. The summed E-state index contributed by atoms with van der Waals surface area (Å²) in [6, 6.07) is 18.9. The van der Waals surface area contributed by atoms with Gasteiger partial charge in [-0.3, -0.25) is 5.01 Å². The highest BCUT2D eigenvalue weighted by Gasteiger charge is 2.27. The third-order valence-electron chi connectivity index (χ3n) is 3.38. The Morgan fingerprint density at radius 3 is 2.63 bits per heavy atom. The maximum absolute atomic E-state index is 5.94. The van der Waals surface area contributed by atoms with E-state index in [1.165, 1.54) is 11.1 Å². The highest BCUT2D eigenvalue weighted by molar-refractivity contribution is 5.85. The molecule has 0 saturated heterocycles. The van der Waals surface area contributed by atoms with Crippen LogP contribution in [0.2, 0.25) is 0 Å². The van der Waals surface area contributed by atoms with Crippen LogP contribution < -0.4 is 10.7 Å². The number of nitrogens with zero attached hydrogens (tertiary/aromatic N) is 2. The largest absolute Gasteiger partial charge is 0.386 e. The first kappa shape index (κ1) is 11.8. The number of hydrazone groups is 1. The number of hydrogen-bond donors (Lipinski definition) is 1. The van der Waals surface area contributed by atoms with Gasteiger partial charge >= 0.3 is 0 Å². The number of benzene rings is 2. The Balaban J connectivity index is 1.98. The number of rotatable bonds is 2. The summed E-state index contributed by atoms with van der Waals surface area (Å²) in [6.45, 7) is 2.09. The zero-order valence-electron chi connectivity index (χ0n) is 11.0. The summed E-state index contributed by atoms with van der Waals surface area (Å²) >= 11 is 0. The molecule has 0 aliphatic carbocycles. The molecule has 0 aromatic heterocycles. The Kier molecular flexibility index (Phi) is 2.95. The lowest BCUT2D eigenvalue weighted by Gasteiger charge is -2.24. The molecule has 3 rings (SSSR count). The predicted octanol–water partition coefficient (Wildman–Crippen LogP) is 3.22. The van der Waals surface area contributed by atoms with Gasteiger partial charge in [-0.1, -0.05) is 42.5 Å². The van der Waals surface area contributed by atoms with Gasteiger partial charge < -0.3 is 5.73 Å². The van der Waals surface area contributed by atoms with Crippen LogP contribution in [0.5, 0.6) is 0 Å². The topological polar surface area (TPSA) is 41.6 Å². The molecule has 0 bridgehead atoms. The first-order chi connectivity index (χ1) is 9.24. The maximum Gasteiger partial charge on any atom is 0.122 e. The number of hydrogen-bond acceptors (Lipinski definition) is 3. The van der Waals surface area contributed by atoms with Crippen molar-refractivity contribution in [3.8, 4) is 0 Å². The fraction of sp³-hybridized carbons (Fsp3) is 0.188. The van der Waals surface area contributed by atoms with Gasteiger partial charge in [0, 0.05) is 6.42 Å². The summed E-state index contributed by atoms with van der Waals surface area (Å²) < 4.78 is 0.